The van der Waals surface area contributed by atoms with Crippen molar-refractivity contribution in [2.75, 3.05) is 39.6 Å². The highest BCUT2D eigenvalue weighted by atomic mass is 16.1. The summed E-state index contributed by atoms with van der Waals surface area (Å²) in [5, 5.41) is 0. The molecule has 0 spiro atoms. The number of nitrogens with zero attached hydrogens (tertiary/aromatic N) is 3. The van der Waals surface area contributed by atoms with Crippen molar-refractivity contribution >= 4 is 18.9 Å². The Balaban J connectivity index is 2.44. The van der Waals surface area contributed by atoms with E-state index in [1.807, 2.05) is 0 Å². The van der Waals surface area contributed by atoms with Crippen LogP contribution in [-0.2, 0) is 14.4 Å². The summed E-state index contributed by atoms with van der Waals surface area (Å²) in [7, 11) is 0. The lowest BCUT2D eigenvalue weighted by Gasteiger charge is -2.42. The average Bonchev–Trinajstić information content (AvgIpc) is 2.40. The van der Waals surface area contributed by atoms with Crippen LogP contribution in [0.3, 0.4) is 0 Å². The van der Waals surface area contributed by atoms with Crippen molar-refractivity contribution in [1.29, 1.82) is 0 Å². The van der Waals surface area contributed by atoms with Gasteiger partial charge in [-0.2, -0.15) is 0 Å². The molecule has 1 heterocycles. The van der Waals surface area contributed by atoms with Crippen LogP contribution in [-0.4, -0.2) is 73.2 Å². The lowest BCUT2D eigenvalue weighted by Crippen LogP contribution is -2.55. The fourth-order valence-electron chi connectivity index (χ4n) is 2.11. The van der Waals surface area contributed by atoms with Gasteiger partial charge in [0.1, 0.15) is 18.9 Å². The van der Waals surface area contributed by atoms with E-state index in [-0.39, 0.29) is 0 Å². The maximum atomic E-state index is 10.4. The Hall–Kier alpha value is -1.11. The molecule has 0 N–H and O–H groups in total. The Morgan fingerprint density at radius 2 is 0.889 bits per heavy atom. The minimum absolute atomic E-state index is 0.517. The number of aldehydes is 3. The minimum atomic E-state index is 0.517. The summed E-state index contributed by atoms with van der Waals surface area (Å²) in [5.74, 6) is 0. The molecule has 0 radical (unpaired) electrons. The van der Waals surface area contributed by atoms with Crippen molar-refractivity contribution in [3.8, 4) is 0 Å². The number of carbonyl (C=O) groups is 3. The summed E-state index contributed by atoms with van der Waals surface area (Å²) in [6.45, 7) is 4.49. The van der Waals surface area contributed by atoms with E-state index in [0.717, 1.165) is 58.5 Å². The van der Waals surface area contributed by atoms with Crippen LogP contribution in [0.25, 0.3) is 0 Å². The third-order valence-electron chi connectivity index (χ3n) is 2.89. The maximum Gasteiger partial charge on any atom is 0.121 e. The molecule has 0 aromatic rings. The predicted molar refractivity (Wildman–Crippen MR) is 66.8 cm³/mol. The molecule has 6 nitrogen and oxygen atoms in total. The van der Waals surface area contributed by atoms with E-state index < -0.39 is 0 Å². The molecule has 6 heteroatoms. The van der Waals surface area contributed by atoms with Gasteiger partial charge in [0.2, 0.25) is 0 Å². The molecular formula is C12H21N3O3. The maximum absolute atomic E-state index is 10.4. The predicted octanol–water partition coefficient (Wildman–Crippen LogP) is -0.454. The highest BCUT2D eigenvalue weighted by molar-refractivity contribution is 5.50. The second-order valence-electron chi connectivity index (χ2n) is 4.47. The van der Waals surface area contributed by atoms with Crippen LogP contribution in [0.2, 0.25) is 0 Å². The van der Waals surface area contributed by atoms with Crippen molar-refractivity contribution in [2.45, 2.75) is 19.3 Å². The van der Waals surface area contributed by atoms with E-state index in [1.165, 1.54) is 0 Å². The quantitative estimate of drug-likeness (QED) is 0.520. The number of hydrogen-bond acceptors (Lipinski definition) is 6. The zero-order valence-electron chi connectivity index (χ0n) is 10.7. The fraction of sp³-hybridized carbons (Fsp3) is 0.750. The second kappa shape index (κ2) is 8.91. The van der Waals surface area contributed by atoms with Crippen LogP contribution in [0.15, 0.2) is 0 Å². The van der Waals surface area contributed by atoms with Crippen molar-refractivity contribution in [3.63, 3.8) is 0 Å². The number of hydrogen-bond donors (Lipinski definition) is 0. The summed E-state index contributed by atoms with van der Waals surface area (Å²) in [5.41, 5.74) is 0. The van der Waals surface area contributed by atoms with Crippen molar-refractivity contribution in [1.82, 2.24) is 14.7 Å². The van der Waals surface area contributed by atoms with E-state index in [1.54, 1.807) is 0 Å². The zero-order chi connectivity index (χ0) is 13.2. The molecule has 0 aromatic heterocycles. The summed E-state index contributed by atoms with van der Waals surface area (Å²) in [4.78, 5) is 37.7. The lowest BCUT2D eigenvalue weighted by molar-refractivity contribution is -0.109. The zero-order valence-corrected chi connectivity index (χ0v) is 10.7. The average molecular weight is 255 g/mol. The van der Waals surface area contributed by atoms with Crippen LogP contribution in [0.1, 0.15) is 19.3 Å². The molecule has 1 fully saturated rings. The van der Waals surface area contributed by atoms with Gasteiger partial charge in [-0.05, 0) is 0 Å². The first-order valence-corrected chi connectivity index (χ1v) is 6.28. The Morgan fingerprint density at radius 3 is 1.11 bits per heavy atom. The Morgan fingerprint density at radius 1 is 0.611 bits per heavy atom. The van der Waals surface area contributed by atoms with Crippen LogP contribution >= 0.6 is 0 Å². The van der Waals surface area contributed by atoms with E-state index in [9.17, 15) is 14.4 Å². The lowest BCUT2D eigenvalue weighted by atomic mass is 10.3. The Bertz CT molecular complexity index is 224. The summed E-state index contributed by atoms with van der Waals surface area (Å²) < 4.78 is 0. The largest absolute Gasteiger partial charge is 0.303 e. The smallest absolute Gasteiger partial charge is 0.121 e. The van der Waals surface area contributed by atoms with Crippen molar-refractivity contribution in [3.05, 3.63) is 0 Å². The Labute approximate surface area is 108 Å². The molecule has 102 valence electrons. The van der Waals surface area contributed by atoms with E-state index >= 15 is 0 Å². The second-order valence-corrected chi connectivity index (χ2v) is 4.47. The van der Waals surface area contributed by atoms with Gasteiger partial charge < -0.3 is 14.4 Å². The van der Waals surface area contributed by atoms with Gasteiger partial charge in [-0.1, -0.05) is 0 Å². The van der Waals surface area contributed by atoms with Crippen molar-refractivity contribution < 1.29 is 14.4 Å². The monoisotopic (exact) mass is 255 g/mol. The third kappa shape index (κ3) is 5.48. The van der Waals surface area contributed by atoms with Crippen LogP contribution in [0.5, 0.6) is 0 Å². The molecular weight excluding hydrogens is 234 g/mol. The van der Waals surface area contributed by atoms with Gasteiger partial charge in [-0.25, -0.2) is 0 Å². The van der Waals surface area contributed by atoms with Gasteiger partial charge >= 0.3 is 0 Å². The van der Waals surface area contributed by atoms with E-state index in [0.29, 0.717) is 19.3 Å². The van der Waals surface area contributed by atoms with Gasteiger partial charge in [0.05, 0.1) is 20.0 Å². The molecule has 0 amide bonds. The molecule has 1 rings (SSSR count). The van der Waals surface area contributed by atoms with Crippen LogP contribution in [0.4, 0.5) is 0 Å². The van der Waals surface area contributed by atoms with Gasteiger partial charge in [0, 0.05) is 38.9 Å². The first kappa shape index (κ1) is 14.9. The molecule has 0 aromatic carbocycles. The first-order chi connectivity index (χ1) is 8.80. The van der Waals surface area contributed by atoms with Crippen LogP contribution < -0.4 is 0 Å². The molecule has 1 saturated heterocycles. The van der Waals surface area contributed by atoms with Gasteiger partial charge in [-0.3, -0.25) is 14.7 Å². The van der Waals surface area contributed by atoms with E-state index in [2.05, 4.69) is 14.7 Å². The number of carbonyl (C=O) groups excluding carboxylic acids is 3. The van der Waals surface area contributed by atoms with Gasteiger partial charge in [0.15, 0.2) is 0 Å². The fourth-order valence-corrected chi connectivity index (χ4v) is 2.11. The molecule has 18 heavy (non-hydrogen) atoms. The topological polar surface area (TPSA) is 60.9 Å². The summed E-state index contributed by atoms with van der Waals surface area (Å²) >= 11 is 0. The molecule has 0 atom stereocenters. The van der Waals surface area contributed by atoms with Gasteiger partial charge in [-0.15, -0.1) is 0 Å². The molecule has 1 aliphatic rings. The standard InChI is InChI=1S/C12H21N3O3/c16-7-1-4-13-10-14(5-2-8-17)12-15(11-13)6-3-9-18/h7-9H,1-6,10-12H2. The normalized spacial score (nSPS) is 18.7. The Kier molecular flexibility index (Phi) is 7.40. The van der Waals surface area contributed by atoms with Crippen LogP contribution in [0, 0.1) is 0 Å². The summed E-state index contributed by atoms with van der Waals surface area (Å²) in [6.07, 6.45) is 4.30. The SMILES string of the molecule is O=CCCN1CN(CCC=O)CN(CCC=O)C1. The molecule has 0 aliphatic carbocycles. The molecule has 0 bridgehead atoms. The molecule has 0 unspecified atom stereocenters. The molecule has 1 aliphatic heterocycles. The minimum Gasteiger partial charge on any atom is -0.303 e. The van der Waals surface area contributed by atoms with Gasteiger partial charge in [0.25, 0.3) is 0 Å². The number of rotatable bonds is 9. The van der Waals surface area contributed by atoms with E-state index in [4.69, 9.17) is 0 Å². The molecule has 0 saturated carbocycles. The summed E-state index contributed by atoms with van der Waals surface area (Å²) in [6, 6.07) is 0. The highest BCUT2D eigenvalue weighted by Gasteiger charge is 2.22. The van der Waals surface area contributed by atoms with Crippen molar-refractivity contribution in [2.24, 2.45) is 0 Å². The highest BCUT2D eigenvalue weighted by Crippen LogP contribution is 2.08. The first-order valence-electron chi connectivity index (χ1n) is 6.28. The third-order valence-corrected chi connectivity index (χ3v) is 2.89.